The number of aromatic nitrogens is 3. The Morgan fingerprint density at radius 2 is 2.46 bits per heavy atom. The zero-order valence-electron chi connectivity index (χ0n) is 8.20. The molecule has 1 heterocycles. The highest BCUT2D eigenvalue weighted by atomic mass is 15.3. The second-order valence-electron chi connectivity index (χ2n) is 3.74. The van der Waals surface area contributed by atoms with Gasteiger partial charge in [-0.3, -0.25) is 4.68 Å². The van der Waals surface area contributed by atoms with Gasteiger partial charge >= 0.3 is 0 Å². The number of hydrogen-bond acceptors (Lipinski definition) is 3. The van der Waals surface area contributed by atoms with Crippen molar-refractivity contribution in [3.8, 4) is 0 Å². The Kier molecular flexibility index (Phi) is 2.31. The maximum absolute atomic E-state index is 4.23. The molecule has 0 aromatic carbocycles. The van der Waals surface area contributed by atoms with Gasteiger partial charge in [0.25, 0.3) is 0 Å². The first-order valence-corrected chi connectivity index (χ1v) is 4.81. The van der Waals surface area contributed by atoms with Crippen molar-refractivity contribution in [1.29, 1.82) is 0 Å². The Morgan fingerprint density at radius 1 is 1.69 bits per heavy atom. The highest BCUT2D eigenvalue weighted by Crippen LogP contribution is 2.33. The molecule has 0 spiro atoms. The van der Waals surface area contributed by atoms with E-state index in [1.807, 2.05) is 18.8 Å². The third-order valence-electron chi connectivity index (χ3n) is 2.77. The van der Waals surface area contributed by atoms with Crippen LogP contribution in [0, 0.1) is 5.92 Å². The third-order valence-corrected chi connectivity index (χ3v) is 2.77. The Labute approximate surface area is 78.4 Å². The predicted molar refractivity (Wildman–Crippen MR) is 50.3 cm³/mol. The summed E-state index contributed by atoms with van der Waals surface area (Å²) in [5.74, 6) is 1.94. The number of rotatable bonds is 4. The van der Waals surface area contributed by atoms with Crippen LogP contribution in [-0.4, -0.2) is 27.9 Å². The Bertz CT molecular complexity index is 277. The summed E-state index contributed by atoms with van der Waals surface area (Å²) in [5, 5.41) is 7.41. The minimum Gasteiger partial charge on any atom is -0.316 e. The van der Waals surface area contributed by atoms with Crippen molar-refractivity contribution < 1.29 is 0 Å². The smallest absolute Gasteiger partial charge is 0.138 e. The summed E-state index contributed by atoms with van der Waals surface area (Å²) in [6.45, 7) is 0. The van der Waals surface area contributed by atoms with Gasteiger partial charge in [-0.05, 0) is 25.8 Å². The van der Waals surface area contributed by atoms with E-state index >= 15 is 0 Å². The van der Waals surface area contributed by atoms with Crippen LogP contribution < -0.4 is 5.32 Å². The van der Waals surface area contributed by atoms with E-state index in [4.69, 9.17) is 0 Å². The molecule has 1 aromatic heterocycles. The van der Waals surface area contributed by atoms with Crippen LogP contribution in [0.25, 0.3) is 0 Å². The van der Waals surface area contributed by atoms with Crippen LogP contribution in [0.3, 0.4) is 0 Å². The van der Waals surface area contributed by atoms with E-state index in [-0.39, 0.29) is 0 Å². The van der Waals surface area contributed by atoms with Gasteiger partial charge in [0.1, 0.15) is 12.2 Å². The third kappa shape index (κ3) is 1.88. The fourth-order valence-electron chi connectivity index (χ4n) is 1.70. The van der Waals surface area contributed by atoms with Crippen molar-refractivity contribution >= 4 is 0 Å². The molecule has 4 nitrogen and oxygen atoms in total. The minimum absolute atomic E-state index is 0.586. The zero-order chi connectivity index (χ0) is 9.26. The van der Waals surface area contributed by atoms with Crippen molar-refractivity contribution in [1.82, 2.24) is 20.1 Å². The van der Waals surface area contributed by atoms with E-state index in [9.17, 15) is 0 Å². The second kappa shape index (κ2) is 3.46. The predicted octanol–water partition coefficient (Wildman–Crippen LogP) is 0.356. The van der Waals surface area contributed by atoms with Gasteiger partial charge in [0.15, 0.2) is 0 Å². The summed E-state index contributed by atoms with van der Waals surface area (Å²) in [6, 6.07) is 0.586. The summed E-state index contributed by atoms with van der Waals surface area (Å²) in [5.41, 5.74) is 0. The van der Waals surface area contributed by atoms with Crippen molar-refractivity contribution in [3.63, 3.8) is 0 Å². The van der Waals surface area contributed by atoms with E-state index in [1.165, 1.54) is 12.8 Å². The summed E-state index contributed by atoms with van der Waals surface area (Å²) in [6.07, 6.45) is 5.35. The van der Waals surface area contributed by atoms with Gasteiger partial charge in [0.05, 0.1) is 0 Å². The molecule has 0 radical (unpaired) electrons. The maximum atomic E-state index is 4.23. The molecule has 1 aliphatic carbocycles. The van der Waals surface area contributed by atoms with Crippen molar-refractivity contribution in [2.75, 3.05) is 7.05 Å². The molecule has 1 N–H and O–H groups in total. The molecule has 13 heavy (non-hydrogen) atoms. The first-order chi connectivity index (χ1) is 6.31. The van der Waals surface area contributed by atoms with Gasteiger partial charge in [-0.25, -0.2) is 4.98 Å². The number of hydrogen-bond donors (Lipinski definition) is 1. The van der Waals surface area contributed by atoms with Gasteiger partial charge in [-0.1, -0.05) is 0 Å². The van der Waals surface area contributed by atoms with Crippen molar-refractivity contribution in [2.24, 2.45) is 13.0 Å². The van der Waals surface area contributed by atoms with Crippen LogP contribution in [0.15, 0.2) is 6.33 Å². The Morgan fingerprint density at radius 3 is 2.92 bits per heavy atom. The second-order valence-corrected chi connectivity index (χ2v) is 3.74. The van der Waals surface area contributed by atoms with Crippen LogP contribution in [-0.2, 0) is 13.5 Å². The van der Waals surface area contributed by atoms with Crippen LogP contribution in [0.2, 0.25) is 0 Å². The molecular formula is C9H16N4. The van der Waals surface area contributed by atoms with Crippen LogP contribution in [0.1, 0.15) is 18.7 Å². The minimum atomic E-state index is 0.586. The number of likely N-dealkylation sites (N-methyl/N-ethyl adjacent to an activating group) is 1. The summed E-state index contributed by atoms with van der Waals surface area (Å²) < 4.78 is 1.85. The average molecular weight is 180 g/mol. The summed E-state index contributed by atoms with van der Waals surface area (Å²) in [4.78, 5) is 4.23. The molecule has 0 bridgehead atoms. The normalized spacial score (nSPS) is 18.9. The number of nitrogens with zero attached hydrogens (tertiary/aromatic N) is 3. The van der Waals surface area contributed by atoms with E-state index in [2.05, 4.69) is 15.4 Å². The fraction of sp³-hybridized carbons (Fsp3) is 0.778. The average Bonchev–Trinajstić information content (AvgIpc) is 2.88. The van der Waals surface area contributed by atoms with Crippen LogP contribution in [0.4, 0.5) is 0 Å². The number of nitrogens with one attached hydrogen (secondary N) is 1. The van der Waals surface area contributed by atoms with Gasteiger partial charge in [0, 0.05) is 19.5 Å². The number of aryl methyl sites for hydroxylation is 1. The molecule has 0 saturated heterocycles. The lowest BCUT2D eigenvalue weighted by molar-refractivity contribution is 0.479. The van der Waals surface area contributed by atoms with E-state index in [1.54, 1.807) is 6.33 Å². The van der Waals surface area contributed by atoms with Gasteiger partial charge in [0.2, 0.25) is 0 Å². The first-order valence-electron chi connectivity index (χ1n) is 4.81. The molecule has 1 saturated carbocycles. The standard InChI is InChI=1S/C9H16N4/c1-10-8(7-3-4-7)5-9-11-6-12-13(9)2/h6-8,10H,3-5H2,1-2H3. The SMILES string of the molecule is CNC(Cc1ncnn1C)C1CC1. The molecule has 1 aliphatic rings. The molecule has 0 aliphatic heterocycles. The van der Waals surface area contributed by atoms with Crippen molar-refractivity contribution in [3.05, 3.63) is 12.2 Å². The largest absolute Gasteiger partial charge is 0.316 e. The molecule has 1 atom stereocenters. The molecule has 1 unspecified atom stereocenters. The van der Waals surface area contributed by atoms with Gasteiger partial charge in [-0.2, -0.15) is 5.10 Å². The lowest BCUT2D eigenvalue weighted by Crippen LogP contribution is -2.30. The summed E-state index contributed by atoms with van der Waals surface area (Å²) in [7, 11) is 3.97. The molecule has 1 aromatic rings. The lowest BCUT2D eigenvalue weighted by atomic mass is 10.1. The fourth-order valence-corrected chi connectivity index (χ4v) is 1.70. The highest BCUT2D eigenvalue weighted by Gasteiger charge is 2.30. The lowest BCUT2D eigenvalue weighted by Gasteiger charge is -2.13. The van der Waals surface area contributed by atoms with Gasteiger partial charge in [-0.15, -0.1) is 0 Å². The van der Waals surface area contributed by atoms with Crippen LogP contribution >= 0.6 is 0 Å². The van der Waals surface area contributed by atoms with Crippen LogP contribution in [0.5, 0.6) is 0 Å². The molecular weight excluding hydrogens is 164 g/mol. The Hall–Kier alpha value is -0.900. The van der Waals surface area contributed by atoms with E-state index in [0.717, 1.165) is 18.2 Å². The highest BCUT2D eigenvalue weighted by molar-refractivity contribution is 4.95. The maximum Gasteiger partial charge on any atom is 0.138 e. The van der Waals surface area contributed by atoms with Gasteiger partial charge < -0.3 is 5.32 Å². The molecule has 2 rings (SSSR count). The summed E-state index contributed by atoms with van der Waals surface area (Å²) >= 11 is 0. The van der Waals surface area contributed by atoms with E-state index in [0.29, 0.717) is 6.04 Å². The monoisotopic (exact) mass is 180 g/mol. The molecule has 72 valence electrons. The van der Waals surface area contributed by atoms with Crippen molar-refractivity contribution in [2.45, 2.75) is 25.3 Å². The zero-order valence-corrected chi connectivity index (χ0v) is 8.20. The molecule has 1 fully saturated rings. The van der Waals surface area contributed by atoms with E-state index < -0.39 is 0 Å². The molecule has 0 amide bonds. The first kappa shape index (κ1) is 8.69. The molecule has 4 heteroatoms. The quantitative estimate of drug-likeness (QED) is 0.727. The topological polar surface area (TPSA) is 42.7 Å². The Balaban J connectivity index is 1.99.